The van der Waals surface area contributed by atoms with E-state index in [4.69, 9.17) is 28.9 Å². The number of aromatic nitrogens is 3. The summed E-state index contributed by atoms with van der Waals surface area (Å²) in [6, 6.07) is 1.63. The molecule has 14 heavy (non-hydrogen) atoms. The lowest BCUT2D eigenvalue weighted by Crippen LogP contribution is -1.91. The maximum absolute atomic E-state index is 5.93. The second kappa shape index (κ2) is 3.48. The Morgan fingerprint density at radius 2 is 2.07 bits per heavy atom. The zero-order valence-corrected chi connectivity index (χ0v) is 8.47. The van der Waals surface area contributed by atoms with Crippen molar-refractivity contribution in [1.29, 1.82) is 0 Å². The van der Waals surface area contributed by atoms with Crippen molar-refractivity contribution >= 4 is 29.0 Å². The molecule has 0 saturated heterocycles. The summed E-state index contributed by atoms with van der Waals surface area (Å²) in [6.45, 7) is 0. The highest BCUT2D eigenvalue weighted by molar-refractivity contribution is 6.35. The van der Waals surface area contributed by atoms with Gasteiger partial charge >= 0.3 is 0 Å². The van der Waals surface area contributed by atoms with Gasteiger partial charge in [-0.15, -0.1) is 0 Å². The van der Waals surface area contributed by atoms with Crippen LogP contribution in [0, 0.1) is 0 Å². The van der Waals surface area contributed by atoms with Crippen molar-refractivity contribution in [2.75, 3.05) is 5.73 Å². The number of imidazole rings is 1. The summed E-state index contributed by atoms with van der Waals surface area (Å²) in [5, 5.41) is 0.894. The molecular weight excluding hydrogens is 223 g/mol. The summed E-state index contributed by atoms with van der Waals surface area (Å²) in [5.74, 6) is 0.378. The first-order valence-corrected chi connectivity index (χ1v) is 4.54. The van der Waals surface area contributed by atoms with Crippen molar-refractivity contribution in [3.63, 3.8) is 0 Å². The number of hydrogen-bond acceptors (Lipinski definition) is 3. The molecular formula is C8H6Cl2N4. The maximum Gasteiger partial charge on any atom is 0.134 e. The Kier molecular flexibility index (Phi) is 2.31. The van der Waals surface area contributed by atoms with Crippen LogP contribution in [-0.4, -0.2) is 15.0 Å². The van der Waals surface area contributed by atoms with Gasteiger partial charge in [-0.1, -0.05) is 23.2 Å². The SMILES string of the molecule is Nc1cc(-c2nc[nH]c2Cl)c(Cl)cn1. The van der Waals surface area contributed by atoms with E-state index in [2.05, 4.69) is 15.0 Å². The van der Waals surface area contributed by atoms with Gasteiger partial charge in [-0.3, -0.25) is 0 Å². The van der Waals surface area contributed by atoms with Crippen LogP contribution in [0.1, 0.15) is 0 Å². The van der Waals surface area contributed by atoms with Crippen molar-refractivity contribution in [3.8, 4) is 11.3 Å². The van der Waals surface area contributed by atoms with Crippen molar-refractivity contribution < 1.29 is 0 Å². The molecule has 0 spiro atoms. The Labute approximate surface area is 90.1 Å². The van der Waals surface area contributed by atoms with Crippen molar-refractivity contribution in [2.24, 2.45) is 0 Å². The minimum Gasteiger partial charge on any atom is -0.384 e. The van der Waals surface area contributed by atoms with E-state index in [1.54, 1.807) is 6.07 Å². The summed E-state index contributed by atoms with van der Waals surface area (Å²) in [7, 11) is 0. The van der Waals surface area contributed by atoms with E-state index in [-0.39, 0.29) is 0 Å². The Morgan fingerprint density at radius 3 is 2.71 bits per heavy atom. The quantitative estimate of drug-likeness (QED) is 0.788. The molecule has 2 aromatic rings. The number of nitrogens with two attached hydrogens (primary N) is 1. The summed E-state index contributed by atoms with van der Waals surface area (Å²) in [5.41, 5.74) is 6.78. The molecule has 0 aliphatic heterocycles. The Morgan fingerprint density at radius 1 is 1.29 bits per heavy atom. The zero-order valence-electron chi connectivity index (χ0n) is 6.96. The third-order valence-electron chi connectivity index (χ3n) is 1.72. The highest BCUT2D eigenvalue weighted by Gasteiger charge is 2.10. The molecule has 0 atom stereocenters. The van der Waals surface area contributed by atoms with Crippen LogP contribution < -0.4 is 5.73 Å². The molecule has 0 amide bonds. The molecule has 0 saturated carbocycles. The molecule has 0 aliphatic carbocycles. The molecule has 2 rings (SSSR count). The molecule has 3 N–H and O–H groups in total. The normalized spacial score (nSPS) is 10.4. The Bertz CT molecular complexity index is 466. The number of nitrogens with zero attached hydrogens (tertiary/aromatic N) is 2. The molecule has 0 aromatic carbocycles. The Balaban J connectivity index is 2.62. The summed E-state index contributed by atoms with van der Waals surface area (Å²) in [6.07, 6.45) is 2.96. The van der Waals surface area contributed by atoms with E-state index in [9.17, 15) is 0 Å². The standard InChI is InChI=1S/C8H6Cl2N4/c9-5-2-12-6(11)1-4(5)7-8(10)14-3-13-7/h1-3H,(H2,11,12)(H,13,14). The van der Waals surface area contributed by atoms with Gasteiger partial charge in [0.1, 0.15) is 16.7 Å². The van der Waals surface area contributed by atoms with Gasteiger partial charge < -0.3 is 10.7 Å². The predicted octanol–water partition coefficient (Wildman–Crippen LogP) is 2.36. The van der Waals surface area contributed by atoms with Gasteiger partial charge in [0.05, 0.1) is 11.3 Å². The van der Waals surface area contributed by atoms with Gasteiger partial charge in [-0.05, 0) is 6.07 Å². The lowest BCUT2D eigenvalue weighted by molar-refractivity contribution is 1.30. The van der Waals surface area contributed by atoms with Crippen LogP contribution in [0.4, 0.5) is 5.82 Å². The second-order valence-corrected chi connectivity index (χ2v) is 3.44. The van der Waals surface area contributed by atoms with Crippen LogP contribution >= 0.6 is 23.2 Å². The summed E-state index contributed by atoms with van der Waals surface area (Å²) >= 11 is 11.8. The van der Waals surface area contributed by atoms with E-state index < -0.39 is 0 Å². The average molecular weight is 229 g/mol. The van der Waals surface area contributed by atoms with E-state index in [1.807, 2.05) is 0 Å². The van der Waals surface area contributed by atoms with Crippen LogP contribution in [0.5, 0.6) is 0 Å². The van der Waals surface area contributed by atoms with Crippen molar-refractivity contribution in [3.05, 3.63) is 28.8 Å². The number of nitrogens with one attached hydrogen (secondary N) is 1. The van der Waals surface area contributed by atoms with Gasteiger partial charge in [0.25, 0.3) is 0 Å². The molecule has 0 bridgehead atoms. The van der Waals surface area contributed by atoms with Crippen LogP contribution in [-0.2, 0) is 0 Å². The molecule has 0 unspecified atom stereocenters. The van der Waals surface area contributed by atoms with Gasteiger partial charge in [0.2, 0.25) is 0 Å². The molecule has 72 valence electrons. The third-order valence-corrected chi connectivity index (χ3v) is 2.31. The number of rotatable bonds is 1. The molecule has 0 fully saturated rings. The van der Waals surface area contributed by atoms with Gasteiger partial charge in [-0.25, -0.2) is 9.97 Å². The lowest BCUT2D eigenvalue weighted by atomic mass is 10.2. The third kappa shape index (κ3) is 1.54. The first-order valence-electron chi connectivity index (χ1n) is 3.78. The molecule has 4 nitrogen and oxygen atoms in total. The zero-order chi connectivity index (χ0) is 10.1. The number of H-pyrrole nitrogens is 1. The molecule has 0 aliphatic rings. The summed E-state index contributed by atoms with van der Waals surface area (Å²) in [4.78, 5) is 10.6. The fourth-order valence-corrected chi connectivity index (χ4v) is 1.49. The van der Waals surface area contributed by atoms with Gasteiger partial charge in [0.15, 0.2) is 0 Å². The van der Waals surface area contributed by atoms with E-state index in [1.165, 1.54) is 12.5 Å². The van der Waals surface area contributed by atoms with Crippen LogP contribution in [0.3, 0.4) is 0 Å². The highest BCUT2D eigenvalue weighted by Crippen LogP contribution is 2.30. The first kappa shape index (κ1) is 9.30. The van der Waals surface area contributed by atoms with E-state index >= 15 is 0 Å². The number of hydrogen-bond donors (Lipinski definition) is 2. The van der Waals surface area contributed by atoms with Crippen molar-refractivity contribution in [2.45, 2.75) is 0 Å². The van der Waals surface area contributed by atoms with E-state index in [0.717, 1.165) is 0 Å². The summed E-state index contributed by atoms with van der Waals surface area (Å²) < 4.78 is 0. The average Bonchev–Trinajstić information content (AvgIpc) is 2.56. The minimum absolute atomic E-state index is 0.378. The van der Waals surface area contributed by atoms with Crippen LogP contribution in [0.25, 0.3) is 11.3 Å². The van der Waals surface area contributed by atoms with Gasteiger partial charge in [0, 0.05) is 11.8 Å². The van der Waals surface area contributed by atoms with Gasteiger partial charge in [-0.2, -0.15) is 0 Å². The fraction of sp³-hybridized carbons (Fsp3) is 0. The monoisotopic (exact) mass is 228 g/mol. The minimum atomic E-state index is 0.378. The largest absolute Gasteiger partial charge is 0.384 e. The number of pyridine rings is 1. The smallest absolute Gasteiger partial charge is 0.134 e. The molecule has 0 radical (unpaired) electrons. The predicted molar refractivity (Wildman–Crippen MR) is 56.3 cm³/mol. The first-order chi connectivity index (χ1) is 6.68. The van der Waals surface area contributed by atoms with Crippen molar-refractivity contribution in [1.82, 2.24) is 15.0 Å². The number of anilines is 1. The van der Waals surface area contributed by atoms with Crippen LogP contribution in [0.2, 0.25) is 10.2 Å². The topological polar surface area (TPSA) is 67.6 Å². The van der Waals surface area contributed by atoms with Crippen LogP contribution in [0.15, 0.2) is 18.6 Å². The fourth-order valence-electron chi connectivity index (χ4n) is 1.10. The highest BCUT2D eigenvalue weighted by atomic mass is 35.5. The number of nitrogen functional groups attached to an aromatic ring is 1. The van der Waals surface area contributed by atoms with E-state index in [0.29, 0.717) is 27.3 Å². The number of aromatic amines is 1. The lowest BCUT2D eigenvalue weighted by Gasteiger charge is -2.01. The number of halogens is 2. The Hall–Kier alpha value is -1.26. The molecule has 6 heteroatoms. The molecule has 2 heterocycles. The molecule has 2 aromatic heterocycles. The maximum atomic E-state index is 5.93. The second-order valence-electron chi connectivity index (χ2n) is 2.65.